The van der Waals surface area contributed by atoms with Crippen LogP contribution >= 0.6 is 0 Å². The van der Waals surface area contributed by atoms with Gasteiger partial charge in [-0.2, -0.15) is 0 Å². The minimum atomic E-state index is -0.304. The molecule has 2 aromatic rings. The summed E-state index contributed by atoms with van der Waals surface area (Å²) in [6, 6.07) is 11.3. The molecule has 0 saturated heterocycles. The Balaban J connectivity index is 1.68. The monoisotopic (exact) mass is 327 g/mol. The van der Waals surface area contributed by atoms with Gasteiger partial charge in [0.25, 0.3) is 0 Å². The zero-order valence-corrected chi connectivity index (χ0v) is 13.6. The molecule has 2 N–H and O–H groups in total. The predicted molar refractivity (Wildman–Crippen MR) is 90.4 cm³/mol. The summed E-state index contributed by atoms with van der Waals surface area (Å²) >= 11 is 0. The van der Waals surface area contributed by atoms with Crippen molar-refractivity contribution in [1.82, 2.24) is 15.6 Å². The second-order valence-corrected chi connectivity index (χ2v) is 5.22. The van der Waals surface area contributed by atoms with E-state index in [1.807, 2.05) is 36.4 Å². The van der Waals surface area contributed by atoms with Crippen LogP contribution in [-0.2, 0) is 22.6 Å². The standard InChI is InChI=1S/C18H21N3O3/c1-24-16-5-3-2-4-15(16)8-11-20-17(22)12-18(23)21-13-14-6-9-19-10-7-14/h2-7,9-10H,8,11-13H2,1H3,(H,20,22)(H,21,23). The predicted octanol–water partition coefficient (Wildman–Crippen LogP) is 1.46. The fourth-order valence-electron chi connectivity index (χ4n) is 2.22. The number of nitrogens with one attached hydrogen (secondary N) is 2. The summed E-state index contributed by atoms with van der Waals surface area (Å²) in [5, 5.41) is 5.45. The number of methoxy groups -OCH3 is 1. The molecular formula is C18H21N3O3. The third kappa shape index (κ3) is 5.72. The van der Waals surface area contributed by atoms with Crippen LogP contribution in [0.4, 0.5) is 0 Å². The summed E-state index contributed by atoms with van der Waals surface area (Å²) in [4.78, 5) is 27.5. The third-order valence-electron chi connectivity index (χ3n) is 3.47. The number of rotatable bonds is 8. The fourth-order valence-corrected chi connectivity index (χ4v) is 2.22. The van der Waals surface area contributed by atoms with E-state index < -0.39 is 0 Å². The zero-order valence-electron chi connectivity index (χ0n) is 13.6. The van der Waals surface area contributed by atoms with Crippen molar-refractivity contribution in [1.29, 1.82) is 0 Å². The van der Waals surface area contributed by atoms with Crippen molar-refractivity contribution in [3.8, 4) is 5.75 Å². The highest BCUT2D eigenvalue weighted by Gasteiger charge is 2.09. The molecule has 0 spiro atoms. The zero-order chi connectivity index (χ0) is 17.2. The number of carbonyl (C=O) groups is 2. The molecule has 6 heteroatoms. The molecular weight excluding hydrogens is 306 g/mol. The van der Waals surface area contributed by atoms with Crippen LogP contribution in [0.1, 0.15) is 17.5 Å². The number of ether oxygens (including phenoxy) is 1. The van der Waals surface area contributed by atoms with Gasteiger partial charge in [-0.05, 0) is 35.7 Å². The van der Waals surface area contributed by atoms with Crippen molar-refractivity contribution >= 4 is 11.8 Å². The lowest BCUT2D eigenvalue weighted by Crippen LogP contribution is -2.32. The van der Waals surface area contributed by atoms with Crippen molar-refractivity contribution in [3.05, 3.63) is 59.9 Å². The molecule has 1 aromatic carbocycles. The Hall–Kier alpha value is -2.89. The summed E-state index contributed by atoms with van der Waals surface area (Å²) in [5.41, 5.74) is 1.96. The molecule has 0 aliphatic carbocycles. The minimum absolute atomic E-state index is 0.184. The Morgan fingerprint density at radius 1 is 1.04 bits per heavy atom. The quantitative estimate of drug-likeness (QED) is 0.719. The lowest BCUT2D eigenvalue weighted by molar-refractivity contribution is -0.129. The second-order valence-electron chi connectivity index (χ2n) is 5.22. The van der Waals surface area contributed by atoms with E-state index in [-0.39, 0.29) is 18.2 Å². The molecule has 1 aromatic heterocycles. The van der Waals surface area contributed by atoms with E-state index in [1.165, 1.54) is 0 Å². The van der Waals surface area contributed by atoms with Gasteiger partial charge in [-0.25, -0.2) is 0 Å². The van der Waals surface area contributed by atoms with Crippen LogP contribution in [0.3, 0.4) is 0 Å². The molecule has 2 rings (SSSR count). The van der Waals surface area contributed by atoms with Gasteiger partial charge in [-0.15, -0.1) is 0 Å². The molecule has 0 bridgehead atoms. The summed E-state index contributed by atoms with van der Waals surface area (Å²) in [7, 11) is 1.62. The van der Waals surface area contributed by atoms with Crippen molar-refractivity contribution in [2.24, 2.45) is 0 Å². The van der Waals surface area contributed by atoms with Gasteiger partial charge in [0.05, 0.1) is 7.11 Å². The van der Waals surface area contributed by atoms with Gasteiger partial charge in [0.15, 0.2) is 0 Å². The van der Waals surface area contributed by atoms with Crippen LogP contribution in [0.5, 0.6) is 5.75 Å². The molecule has 0 fully saturated rings. The maximum absolute atomic E-state index is 11.8. The first-order valence-corrected chi connectivity index (χ1v) is 7.73. The lowest BCUT2D eigenvalue weighted by Gasteiger charge is -2.09. The first-order valence-electron chi connectivity index (χ1n) is 7.73. The summed E-state index contributed by atoms with van der Waals surface area (Å²) in [6.45, 7) is 0.840. The summed E-state index contributed by atoms with van der Waals surface area (Å²) in [6.07, 6.45) is 3.78. The minimum Gasteiger partial charge on any atom is -0.496 e. The average Bonchev–Trinajstić information content (AvgIpc) is 2.61. The van der Waals surface area contributed by atoms with Crippen LogP contribution in [0.25, 0.3) is 0 Å². The molecule has 0 atom stereocenters. The van der Waals surface area contributed by atoms with Crippen molar-refractivity contribution in [2.45, 2.75) is 19.4 Å². The first kappa shape index (κ1) is 17.5. The van der Waals surface area contributed by atoms with Crippen LogP contribution in [-0.4, -0.2) is 30.5 Å². The Bertz CT molecular complexity index is 674. The van der Waals surface area contributed by atoms with E-state index in [1.54, 1.807) is 19.5 Å². The van der Waals surface area contributed by atoms with Crippen LogP contribution in [0.15, 0.2) is 48.8 Å². The topological polar surface area (TPSA) is 80.3 Å². The van der Waals surface area contributed by atoms with Crippen LogP contribution in [0, 0.1) is 0 Å². The molecule has 0 saturated carbocycles. The van der Waals surface area contributed by atoms with E-state index in [4.69, 9.17) is 4.74 Å². The summed E-state index contributed by atoms with van der Waals surface area (Å²) in [5.74, 6) is 0.195. The average molecular weight is 327 g/mol. The van der Waals surface area contributed by atoms with Crippen LogP contribution < -0.4 is 15.4 Å². The molecule has 24 heavy (non-hydrogen) atoms. The molecule has 126 valence electrons. The number of para-hydroxylation sites is 1. The van der Waals surface area contributed by atoms with Crippen LogP contribution in [0.2, 0.25) is 0 Å². The number of hydrogen-bond acceptors (Lipinski definition) is 4. The number of pyridine rings is 1. The van der Waals surface area contributed by atoms with Crippen molar-refractivity contribution in [3.63, 3.8) is 0 Å². The number of nitrogens with zero attached hydrogens (tertiary/aromatic N) is 1. The molecule has 0 aliphatic rings. The Labute approximate surface area is 141 Å². The van der Waals surface area contributed by atoms with Gasteiger partial charge >= 0.3 is 0 Å². The van der Waals surface area contributed by atoms with Crippen molar-refractivity contribution in [2.75, 3.05) is 13.7 Å². The normalized spacial score (nSPS) is 10.0. The highest BCUT2D eigenvalue weighted by Crippen LogP contribution is 2.17. The summed E-state index contributed by atoms with van der Waals surface area (Å²) < 4.78 is 5.26. The van der Waals surface area contributed by atoms with Gasteiger partial charge in [-0.3, -0.25) is 14.6 Å². The van der Waals surface area contributed by atoms with E-state index in [9.17, 15) is 9.59 Å². The SMILES string of the molecule is COc1ccccc1CCNC(=O)CC(=O)NCc1ccncc1. The Morgan fingerprint density at radius 2 is 1.75 bits per heavy atom. The maximum Gasteiger partial charge on any atom is 0.229 e. The number of carbonyl (C=O) groups excluding carboxylic acids is 2. The van der Waals surface area contributed by atoms with Gasteiger partial charge < -0.3 is 15.4 Å². The van der Waals surface area contributed by atoms with Gasteiger partial charge in [0, 0.05) is 25.5 Å². The van der Waals surface area contributed by atoms with Crippen molar-refractivity contribution < 1.29 is 14.3 Å². The molecule has 6 nitrogen and oxygen atoms in total. The lowest BCUT2D eigenvalue weighted by atomic mass is 10.1. The number of hydrogen-bond donors (Lipinski definition) is 2. The highest BCUT2D eigenvalue weighted by atomic mass is 16.5. The molecule has 2 amide bonds. The van der Waals surface area contributed by atoms with E-state index >= 15 is 0 Å². The Morgan fingerprint density at radius 3 is 2.50 bits per heavy atom. The smallest absolute Gasteiger partial charge is 0.229 e. The van der Waals surface area contributed by atoms with E-state index in [0.29, 0.717) is 19.5 Å². The first-order chi connectivity index (χ1) is 11.7. The molecule has 0 aliphatic heterocycles. The van der Waals surface area contributed by atoms with Gasteiger partial charge in [0.2, 0.25) is 11.8 Å². The van der Waals surface area contributed by atoms with Gasteiger partial charge in [-0.1, -0.05) is 18.2 Å². The second kappa shape index (κ2) is 9.29. The fraction of sp³-hybridized carbons (Fsp3) is 0.278. The number of amides is 2. The number of benzene rings is 1. The van der Waals surface area contributed by atoms with E-state index in [2.05, 4.69) is 15.6 Å². The largest absolute Gasteiger partial charge is 0.496 e. The van der Waals surface area contributed by atoms with Gasteiger partial charge in [0.1, 0.15) is 12.2 Å². The third-order valence-corrected chi connectivity index (χ3v) is 3.47. The molecule has 1 heterocycles. The molecule has 0 unspecified atom stereocenters. The maximum atomic E-state index is 11.8. The molecule has 0 radical (unpaired) electrons. The Kier molecular flexibility index (Phi) is 6.76. The number of aromatic nitrogens is 1. The highest BCUT2D eigenvalue weighted by molar-refractivity contribution is 5.96. The van der Waals surface area contributed by atoms with E-state index in [0.717, 1.165) is 16.9 Å².